The van der Waals surface area contributed by atoms with Crippen molar-refractivity contribution in [1.82, 2.24) is 15.2 Å². The zero-order valence-corrected chi connectivity index (χ0v) is 12.9. The maximum Gasteiger partial charge on any atom is 0.247 e. The van der Waals surface area contributed by atoms with Gasteiger partial charge in [0.15, 0.2) is 5.16 Å². The van der Waals surface area contributed by atoms with E-state index in [1.54, 1.807) is 0 Å². The number of thiophene rings is 1. The fraction of sp³-hybridized carbons (Fsp3) is 0.0769. The molecule has 0 aliphatic heterocycles. The smallest absolute Gasteiger partial charge is 0.247 e. The van der Waals surface area contributed by atoms with E-state index in [1.165, 1.54) is 23.1 Å². The Morgan fingerprint density at radius 3 is 2.85 bits per heavy atom. The molecule has 0 saturated carbocycles. The molecule has 4 nitrogen and oxygen atoms in total. The van der Waals surface area contributed by atoms with Crippen LogP contribution >= 0.6 is 34.7 Å². The minimum atomic E-state index is 0.560. The van der Waals surface area contributed by atoms with Crippen LogP contribution in [0.4, 0.5) is 11.6 Å². The molecule has 3 rings (SSSR count). The van der Waals surface area contributed by atoms with E-state index in [-0.39, 0.29) is 0 Å². The van der Waals surface area contributed by atoms with E-state index in [9.17, 15) is 0 Å². The summed E-state index contributed by atoms with van der Waals surface area (Å²) in [4.78, 5) is 4.40. The monoisotopic (exact) mass is 322 g/mol. The minimum Gasteiger partial charge on any atom is -0.323 e. The molecule has 102 valence electrons. The molecule has 0 spiro atoms. The number of nitrogens with one attached hydrogen (secondary N) is 2. The number of rotatable bonds is 4. The van der Waals surface area contributed by atoms with Crippen LogP contribution in [0.15, 0.2) is 45.8 Å². The van der Waals surface area contributed by atoms with Gasteiger partial charge in [-0.2, -0.15) is 4.98 Å². The number of hydrogen-bond donors (Lipinski definition) is 2. The quantitative estimate of drug-likeness (QED) is 0.729. The van der Waals surface area contributed by atoms with E-state index in [4.69, 9.17) is 11.6 Å². The summed E-state index contributed by atoms with van der Waals surface area (Å²) in [6.45, 7) is 2.04. The summed E-state index contributed by atoms with van der Waals surface area (Å²) in [5, 5.41) is 11.0. The lowest BCUT2D eigenvalue weighted by Crippen LogP contribution is -1.94. The summed E-state index contributed by atoms with van der Waals surface area (Å²) < 4.78 is 1.85. The first kappa shape index (κ1) is 13.5. The van der Waals surface area contributed by atoms with Gasteiger partial charge in [-0.25, -0.2) is 0 Å². The number of anilines is 2. The Kier molecular flexibility index (Phi) is 3.95. The van der Waals surface area contributed by atoms with Gasteiger partial charge in [0.2, 0.25) is 5.95 Å². The average Bonchev–Trinajstić information content (AvgIpc) is 3.02. The fourth-order valence-electron chi connectivity index (χ4n) is 1.63. The molecule has 0 amide bonds. The van der Waals surface area contributed by atoms with Gasteiger partial charge in [0.05, 0.1) is 8.55 Å². The third-order valence-electron chi connectivity index (χ3n) is 2.60. The Hall–Kier alpha value is -1.50. The van der Waals surface area contributed by atoms with Crippen LogP contribution in [0.3, 0.4) is 0 Å². The van der Waals surface area contributed by atoms with Gasteiger partial charge in [0.25, 0.3) is 0 Å². The zero-order chi connectivity index (χ0) is 13.9. The Morgan fingerprint density at radius 1 is 1.25 bits per heavy atom. The van der Waals surface area contributed by atoms with Crippen LogP contribution in [-0.2, 0) is 0 Å². The first-order valence-electron chi connectivity index (χ1n) is 5.89. The summed E-state index contributed by atoms with van der Waals surface area (Å²) in [5.41, 5.74) is 2.15. The first-order valence-corrected chi connectivity index (χ1v) is 7.90. The molecular weight excluding hydrogens is 312 g/mol. The number of para-hydroxylation sites is 1. The molecule has 1 aromatic carbocycles. The standard InChI is InChI=1S/C13H11ClN4S2/c1-8-4-2-3-5-9(8)15-12-16-13(18-17-12)20-11-7-6-10(14)19-11/h2-7H,1H3,(H2,15,16,17,18). The highest BCUT2D eigenvalue weighted by molar-refractivity contribution is 8.01. The summed E-state index contributed by atoms with van der Waals surface area (Å²) in [5.74, 6) is 0.560. The molecule has 2 heterocycles. The Morgan fingerprint density at radius 2 is 2.10 bits per heavy atom. The van der Waals surface area contributed by atoms with Crippen molar-refractivity contribution in [3.8, 4) is 0 Å². The largest absolute Gasteiger partial charge is 0.323 e. The number of aromatic nitrogens is 3. The van der Waals surface area contributed by atoms with E-state index in [2.05, 4.69) is 20.5 Å². The molecule has 3 aromatic rings. The van der Waals surface area contributed by atoms with Gasteiger partial charge in [-0.3, -0.25) is 5.10 Å². The molecule has 20 heavy (non-hydrogen) atoms. The SMILES string of the molecule is Cc1ccccc1Nc1n[nH]c(Sc2ccc(Cl)s2)n1. The molecule has 0 atom stereocenters. The van der Waals surface area contributed by atoms with Crippen LogP contribution in [0.5, 0.6) is 0 Å². The molecule has 2 aromatic heterocycles. The second kappa shape index (κ2) is 5.87. The molecule has 0 aliphatic rings. The van der Waals surface area contributed by atoms with Crippen molar-refractivity contribution in [1.29, 1.82) is 0 Å². The Bertz CT molecular complexity index is 722. The highest BCUT2D eigenvalue weighted by Crippen LogP contribution is 2.34. The first-order chi connectivity index (χ1) is 9.70. The van der Waals surface area contributed by atoms with Crippen LogP contribution < -0.4 is 5.32 Å². The maximum absolute atomic E-state index is 5.90. The number of benzene rings is 1. The van der Waals surface area contributed by atoms with Gasteiger partial charge in [0, 0.05) is 5.69 Å². The molecule has 0 saturated heterocycles. The number of H-pyrrole nitrogens is 1. The molecule has 0 aliphatic carbocycles. The normalized spacial score (nSPS) is 10.7. The molecular formula is C13H11ClN4S2. The number of aromatic amines is 1. The van der Waals surface area contributed by atoms with Crippen molar-refractivity contribution in [2.24, 2.45) is 0 Å². The van der Waals surface area contributed by atoms with Crippen molar-refractivity contribution < 1.29 is 0 Å². The second-order valence-corrected chi connectivity index (χ2v) is 7.07. The lowest BCUT2D eigenvalue weighted by Gasteiger charge is -2.04. The highest BCUT2D eigenvalue weighted by atomic mass is 35.5. The van der Waals surface area contributed by atoms with Crippen LogP contribution in [0, 0.1) is 6.92 Å². The van der Waals surface area contributed by atoms with Crippen molar-refractivity contribution in [2.45, 2.75) is 16.3 Å². The van der Waals surface area contributed by atoms with Crippen molar-refractivity contribution in [3.63, 3.8) is 0 Å². The fourth-order valence-corrected chi connectivity index (χ4v) is 3.77. The van der Waals surface area contributed by atoms with Gasteiger partial charge < -0.3 is 5.32 Å². The van der Waals surface area contributed by atoms with Crippen LogP contribution in [-0.4, -0.2) is 15.2 Å². The van der Waals surface area contributed by atoms with E-state index >= 15 is 0 Å². The van der Waals surface area contributed by atoms with Crippen molar-refractivity contribution >= 4 is 46.3 Å². The van der Waals surface area contributed by atoms with Gasteiger partial charge in [-0.05, 0) is 42.4 Å². The topological polar surface area (TPSA) is 53.6 Å². The molecule has 0 fully saturated rings. The number of hydrogen-bond acceptors (Lipinski definition) is 5. The van der Waals surface area contributed by atoms with Gasteiger partial charge in [-0.15, -0.1) is 16.4 Å². The van der Waals surface area contributed by atoms with E-state index in [0.717, 1.165) is 25.0 Å². The van der Waals surface area contributed by atoms with Crippen LogP contribution in [0.25, 0.3) is 0 Å². The van der Waals surface area contributed by atoms with E-state index in [0.29, 0.717) is 5.95 Å². The summed E-state index contributed by atoms with van der Waals surface area (Å²) in [6, 6.07) is 11.9. The second-order valence-electron chi connectivity index (χ2n) is 4.06. The lowest BCUT2D eigenvalue weighted by atomic mass is 10.2. The number of nitrogens with zero attached hydrogens (tertiary/aromatic N) is 2. The lowest BCUT2D eigenvalue weighted by molar-refractivity contribution is 0.975. The summed E-state index contributed by atoms with van der Waals surface area (Å²) >= 11 is 8.93. The molecule has 7 heteroatoms. The number of halogens is 1. The predicted octanol–water partition coefficient (Wildman–Crippen LogP) is 4.72. The Balaban J connectivity index is 1.72. The van der Waals surface area contributed by atoms with Crippen molar-refractivity contribution in [2.75, 3.05) is 5.32 Å². The average molecular weight is 323 g/mol. The molecule has 0 bridgehead atoms. The van der Waals surface area contributed by atoms with Gasteiger partial charge >= 0.3 is 0 Å². The summed E-state index contributed by atoms with van der Waals surface area (Å²) in [7, 11) is 0. The molecule has 0 radical (unpaired) electrons. The van der Waals surface area contributed by atoms with Gasteiger partial charge in [-0.1, -0.05) is 29.8 Å². The number of aryl methyl sites for hydroxylation is 1. The van der Waals surface area contributed by atoms with Crippen LogP contribution in [0.1, 0.15) is 5.56 Å². The maximum atomic E-state index is 5.90. The molecule has 0 unspecified atom stereocenters. The Labute approximate surface area is 129 Å². The predicted molar refractivity (Wildman–Crippen MR) is 84.3 cm³/mol. The minimum absolute atomic E-state index is 0.560. The van der Waals surface area contributed by atoms with Crippen molar-refractivity contribution in [3.05, 3.63) is 46.3 Å². The third kappa shape index (κ3) is 3.15. The van der Waals surface area contributed by atoms with Crippen LogP contribution in [0.2, 0.25) is 4.34 Å². The highest BCUT2D eigenvalue weighted by Gasteiger charge is 2.07. The zero-order valence-electron chi connectivity index (χ0n) is 10.6. The summed E-state index contributed by atoms with van der Waals surface area (Å²) in [6.07, 6.45) is 0. The van der Waals surface area contributed by atoms with E-state index < -0.39 is 0 Å². The van der Waals surface area contributed by atoms with E-state index in [1.807, 2.05) is 43.3 Å². The third-order valence-corrected chi connectivity index (χ3v) is 4.84. The van der Waals surface area contributed by atoms with Gasteiger partial charge in [0.1, 0.15) is 0 Å². The molecule has 2 N–H and O–H groups in total.